The number of carbonyl (C=O) groups excluding carboxylic acids is 2. The van der Waals surface area contributed by atoms with Crippen molar-refractivity contribution in [3.8, 4) is 5.75 Å². The maximum absolute atomic E-state index is 12.3. The maximum atomic E-state index is 12.3. The fourth-order valence-corrected chi connectivity index (χ4v) is 1.95. The highest BCUT2D eigenvalue weighted by Gasteiger charge is 2.19. The normalized spacial score (nSPS) is 11.9. The molecule has 2 rings (SSSR count). The van der Waals surface area contributed by atoms with E-state index in [9.17, 15) is 18.4 Å². The molecule has 0 saturated carbocycles. The SMILES string of the molecule is Cc1c(NC(=O)[C@H](C)NC(=O)c2ccoc2)cccc1OC(F)F. The summed E-state index contributed by atoms with van der Waals surface area (Å²) in [7, 11) is 0. The van der Waals surface area contributed by atoms with Crippen molar-refractivity contribution < 1.29 is 27.5 Å². The number of benzene rings is 1. The quantitative estimate of drug-likeness (QED) is 0.849. The number of furan rings is 1. The van der Waals surface area contributed by atoms with Crippen LogP contribution >= 0.6 is 0 Å². The molecule has 2 N–H and O–H groups in total. The number of carbonyl (C=O) groups is 2. The molecule has 24 heavy (non-hydrogen) atoms. The van der Waals surface area contributed by atoms with Crippen LogP contribution in [0.4, 0.5) is 14.5 Å². The highest BCUT2D eigenvalue weighted by Crippen LogP contribution is 2.26. The monoisotopic (exact) mass is 338 g/mol. The third-order valence-electron chi connectivity index (χ3n) is 3.28. The highest BCUT2D eigenvalue weighted by atomic mass is 19.3. The van der Waals surface area contributed by atoms with Crippen molar-refractivity contribution in [3.63, 3.8) is 0 Å². The molecule has 6 nitrogen and oxygen atoms in total. The average Bonchev–Trinajstić information content (AvgIpc) is 3.05. The van der Waals surface area contributed by atoms with Crippen LogP contribution in [-0.2, 0) is 4.79 Å². The number of hydrogen-bond donors (Lipinski definition) is 2. The summed E-state index contributed by atoms with van der Waals surface area (Å²) >= 11 is 0. The van der Waals surface area contributed by atoms with Crippen molar-refractivity contribution in [1.29, 1.82) is 0 Å². The molecule has 2 amide bonds. The van der Waals surface area contributed by atoms with E-state index in [1.807, 2.05) is 0 Å². The molecule has 0 unspecified atom stereocenters. The van der Waals surface area contributed by atoms with E-state index in [1.165, 1.54) is 37.6 Å². The zero-order valence-electron chi connectivity index (χ0n) is 13.0. The van der Waals surface area contributed by atoms with E-state index in [4.69, 9.17) is 4.42 Å². The lowest BCUT2D eigenvalue weighted by molar-refractivity contribution is -0.117. The van der Waals surface area contributed by atoms with Crippen LogP contribution in [0, 0.1) is 6.92 Å². The van der Waals surface area contributed by atoms with Gasteiger partial charge in [0.25, 0.3) is 5.91 Å². The molecule has 8 heteroatoms. The first-order chi connectivity index (χ1) is 11.4. The van der Waals surface area contributed by atoms with Crippen LogP contribution in [0.1, 0.15) is 22.8 Å². The van der Waals surface area contributed by atoms with Gasteiger partial charge in [0.2, 0.25) is 5.91 Å². The van der Waals surface area contributed by atoms with Crippen LogP contribution in [0.3, 0.4) is 0 Å². The summed E-state index contributed by atoms with van der Waals surface area (Å²) in [6, 6.07) is 5.04. The van der Waals surface area contributed by atoms with E-state index in [2.05, 4.69) is 15.4 Å². The van der Waals surface area contributed by atoms with Crippen molar-refractivity contribution >= 4 is 17.5 Å². The zero-order chi connectivity index (χ0) is 17.7. The topological polar surface area (TPSA) is 80.6 Å². The van der Waals surface area contributed by atoms with E-state index >= 15 is 0 Å². The molecule has 0 aliphatic carbocycles. The molecule has 0 saturated heterocycles. The molecule has 0 aliphatic rings. The summed E-state index contributed by atoms with van der Waals surface area (Å²) in [6.07, 6.45) is 2.60. The third-order valence-corrected chi connectivity index (χ3v) is 3.28. The first-order valence-corrected chi connectivity index (χ1v) is 7.07. The van der Waals surface area contributed by atoms with Crippen molar-refractivity contribution in [1.82, 2.24) is 5.32 Å². The molecule has 0 spiro atoms. The van der Waals surface area contributed by atoms with Gasteiger partial charge >= 0.3 is 6.61 Å². The Hall–Kier alpha value is -2.90. The van der Waals surface area contributed by atoms with Gasteiger partial charge in [-0.15, -0.1) is 0 Å². The number of rotatable bonds is 6. The Labute approximate surface area is 136 Å². The fourth-order valence-electron chi connectivity index (χ4n) is 1.95. The summed E-state index contributed by atoms with van der Waals surface area (Å²) in [5.74, 6) is -0.986. The molecule has 1 aromatic carbocycles. The van der Waals surface area contributed by atoms with Gasteiger partial charge in [0.05, 0.1) is 11.8 Å². The molecule has 0 radical (unpaired) electrons. The van der Waals surface area contributed by atoms with Gasteiger partial charge in [-0.2, -0.15) is 8.78 Å². The lowest BCUT2D eigenvalue weighted by Crippen LogP contribution is -2.41. The molecule has 0 bridgehead atoms. The third kappa shape index (κ3) is 4.31. The second-order valence-electron chi connectivity index (χ2n) is 5.00. The molecule has 0 aliphatic heterocycles. The van der Waals surface area contributed by atoms with E-state index < -0.39 is 24.5 Å². The van der Waals surface area contributed by atoms with E-state index in [-0.39, 0.29) is 11.3 Å². The van der Waals surface area contributed by atoms with Crippen LogP contribution in [0.5, 0.6) is 5.75 Å². The highest BCUT2D eigenvalue weighted by molar-refractivity contribution is 6.01. The number of ether oxygens (including phenoxy) is 1. The van der Waals surface area contributed by atoms with Gasteiger partial charge < -0.3 is 19.8 Å². The lowest BCUT2D eigenvalue weighted by atomic mass is 10.1. The van der Waals surface area contributed by atoms with Crippen molar-refractivity contribution in [2.45, 2.75) is 26.5 Å². The number of nitrogens with one attached hydrogen (secondary N) is 2. The Balaban J connectivity index is 2.02. The summed E-state index contributed by atoms with van der Waals surface area (Å²) in [5.41, 5.74) is 0.972. The molecule has 0 fully saturated rings. The maximum Gasteiger partial charge on any atom is 0.387 e. The van der Waals surface area contributed by atoms with Gasteiger partial charge in [0.15, 0.2) is 0 Å². The van der Waals surface area contributed by atoms with Crippen LogP contribution in [0.25, 0.3) is 0 Å². The Morgan fingerprint density at radius 3 is 2.62 bits per heavy atom. The Kier molecular flexibility index (Phi) is 5.51. The first-order valence-electron chi connectivity index (χ1n) is 7.07. The van der Waals surface area contributed by atoms with Crippen LogP contribution < -0.4 is 15.4 Å². The first kappa shape index (κ1) is 17.5. The van der Waals surface area contributed by atoms with Gasteiger partial charge in [0.1, 0.15) is 18.1 Å². The Bertz CT molecular complexity index is 717. The molecule has 2 aromatic rings. The molecule has 1 atom stereocenters. The smallest absolute Gasteiger partial charge is 0.387 e. The lowest BCUT2D eigenvalue weighted by Gasteiger charge is -2.16. The van der Waals surface area contributed by atoms with Crippen molar-refractivity contribution in [3.05, 3.63) is 47.9 Å². The summed E-state index contributed by atoms with van der Waals surface area (Å²) < 4.78 is 33.8. The Morgan fingerprint density at radius 2 is 2.00 bits per heavy atom. The Morgan fingerprint density at radius 1 is 1.25 bits per heavy atom. The average molecular weight is 338 g/mol. The van der Waals surface area contributed by atoms with Crippen LogP contribution in [0.15, 0.2) is 41.2 Å². The molecular formula is C16H16F2N2O4. The van der Waals surface area contributed by atoms with Crippen LogP contribution in [-0.4, -0.2) is 24.5 Å². The fraction of sp³-hybridized carbons (Fsp3) is 0.250. The number of amides is 2. The molecular weight excluding hydrogens is 322 g/mol. The number of halogens is 2. The van der Waals surface area contributed by atoms with Gasteiger partial charge in [-0.05, 0) is 32.0 Å². The van der Waals surface area contributed by atoms with Gasteiger partial charge in [-0.3, -0.25) is 9.59 Å². The summed E-state index contributed by atoms with van der Waals surface area (Å²) in [6.45, 7) is 0.0901. The second-order valence-corrected chi connectivity index (χ2v) is 5.00. The number of alkyl halides is 2. The second kappa shape index (κ2) is 7.58. The van der Waals surface area contributed by atoms with Gasteiger partial charge in [0, 0.05) is 11.3 Å². The molecule has 1 aromatic heterocycles. The minimum absolute atomic E-state index is 0.0297. The summed E-state index contributed by atoms with van der Waals surface area (Å²) in [5, 5.41) is 5.08. The minimum atomic E-state index is -2.96. The molecule has 1 heterocycles. The van der Waals surface area contributed by atoms with E-state index in [0.29, 0.717) is 11.3 Å². The number of hydrogen-bond acceptors (Lipinski definition) is 4. The molecule has 128 valence electrons. The van der Waals surface area contributed by atoms with Gasteiger partial charge in [-0.1, -0.05) is 6.07 Å². The minimum Gasteiger partial charge on any atom is -0.472 e. The predicted octanol–water partition coefficient (Wildman–Crippen LogP) is 2.95. The standard InChI is InChI=1S/C16H16F2N2O4/c1-9-12(4-3-5-13(9)24-16(17)18)20-14(21)10(2)19-15(22)11-6-7-23-8-11/h3-8,10,16H,1-2H3,(H,19,22)(H,20,21)/t10-/m0/s1. The van der Waals surface area contributed by atoms with Crippen LogP contribution in [0.2, 0.25) is 0 Å². The summed E-state index contributed by atoms with van der Waals surface area (Å²) in [4.78, 5) is 24.0. The largest absolute Gasteiger partial charge is 0.472 e. The van der Waals surface area contributed by atoms with Crippen molar-refractivity contribution in [2.24, 2.45) is 0 Å². The zero-order valence-corrected chi connectivity index (χ0v) is 13.0. The predicted molar refractivity (Wildman–Crippen MR) is 82.1 cm³/mol. The van der Waals surface area contributed by atoms with Crippen molar-refractivity contribution in [2.75, 3.05) is 5.32 Å². The van der Waals surface area contributed by atoms with E-state index in [0.717, 1.165) is 0 Å². The van der Waals surface area contributed by atoms with Gasteiger partial charge in [-0.25, -0.2) is 0 Å². The van der Waals surface area contributed by atoms with E-state index in [1.54, 1.807) is 13.0 Å². The number of anilines is 1.